The molecule has 0 radical (unpaired) electrons. The maximum atomic E-state index is 13.3. The molecule has 4 rings (SSSR count). The van der Waals surface area contributed by atoms with Gasteiger partial charge in [0, 0.05) is 23.7 Å². The number of carbonyl (C=O) groups is 3. The highest BCUT2D eigenvalue weighted by molar-refractivity contribution is 8.01. The number of nitrogens with zero attached hydrogens (tertiary/aromatic N) is 2. The number of rotatable bonds is 4. The van der Waals surface area contributed by atoms with Crippen LogP contribution < -0.4 is 10.2 Å². The van der Waals surface area contributed by atoms with Crippen LogP contribution in [-0.4, -0.2) is 47.5 Å². The van der Waals surface area contributed by atoms with E-state index in [4.69, 9.17) is 0 Å². The van der Waals surface area contributed by atoms with Gasteiger partial charge in [0.05, 0.1) is 5.69 Å². The topological polar surface area (TPSA) is 69.7 Å². The van der Waals surface area contributed by atoms with Gasteiger partial charge in [-0.05, 0) is 49.2 Å². The molecule has 162 valence electrons. The molecule has 31 heavy (non-hydrogen) atoms. The van der Waals surface area contributed by atoms with Gasteiger partial charge in [-0.15, -0.1) is 11.8 Å². The molecule has 3 amide bonds. The van der Waals surface area contributed by atoms with Crippen molar-refractivity contribution in [3.8, 4) is 0 Å². The third-order valence-electron chi connectivity index (χ3n) is 5.46. The first-order valence-electron chi connectivity index (χ1n) is 10.4. The van der Waals surface area contributed by atoms with E-state index >= 15 is 0 Å². The van der Waals surface area contributed by atoms with Gasteiger partial charge in [-0.25, -0.2) is 4.39 Å². The minimum atomic E-state index is -0.897. The molecule has 1 fully saturated rings. The molecule has 0 bridgehead atoms. The fourth-order valence-electron chi connectivity index (χ4n) is 3.87. The number of benzene rings is 2. The van der Waals surface area contributed by atoms with Crippen LogP contribution in [-0.2, 0) is 14.4 Å². The van der Waals surface area contributed by atoms with Crippen LogP contribution in [0, 0.1) is 5.82 Å². The van der Waals surface area contributed by atoms with Crippen molar-refractivity contribution in [3.05, 3.63) is 54.3 Å². The molecule has 0 saturated carbocycles. The lowest BCUT2D eigenvalue weighted by Gasteiger charge is -2.34. The van der Waals surface area contributed by atoms with Crippen LogP contribution in [0.2, 0.25) is 0 Å². The Morgan fingerprint density at radius 2 is 1.68 bits per heavy atom. The van der Waals surface area contributed by atoms with E-state index in [9.17, 15) is 18.8 Å². The summed E-state index contributed by atoms with van der Waals surface area (Å²) in [5.74, 6) is -1.38. The highest BCUT2D eigenvalue weighted by Crippen LogP contribution is 2.39. The van der Waals surface area contributed by atoms with Gasteiger partial charge in [-0.3, -0.25) is 14.4 Å². The first kappa shape index (κ1) is 21.4. The van der Waals surface area contributed by atoms with Crippen LogP contribution >= 0.6 is 11.8 Å². The van der Waals surface area contributed by atoms with E-state index in [0.29, 0.717) is 24.5 Å². The number of hydrogen-bond donors (Lipinski definition) is 1. The van der Waals surface area contributed by atoms with Crippen molar-refractivity contribution in [2.24, 2.45) is 0 Å². The second kappa shape index (κ2) is 9.51. The molecule has 2 aromatic rings. The predicted octanol–water partition coefficient (Wildman–Crippen LogP) is 3.67. The normalized spacial score (nSPS) is 18.9. The molecule has 6 nitrogen and oxygen atoms in total. The van der Waals surface area contributed by atoms with E-state index in [1.54, 1.807) is 17.0 Å². The van der Waals surface area contributed by atoms with E-state index in [-0.39, 0.29) is 18.4 Å². The molecular weight excluding hydrogens is 417 g/mol. The van der Waals surface area contributed by atoms with Crippen LogP contribution in [0.15, 0.2) is 53.4 Å². The van der Waals surface area contributed by atoms with Gasteiger partial charge in [0.25, 0.3) is 5.91 Å². The van der Waals surface area contributed by atoms with E-state index in [2.05, 4.69) is 5.32 Å². The average Bonchev–Trinajstić information content (AvgIpc) is 3.06. The lowest BCUT2D eigenvalue weighted by atomic mass is 10.2. The number of carbonyl (C=O) groups excluding carboxylic acids is 3. The van der Waals surface area contributed by atoms with Gasteiger partial charge >= 0.3 is 0 Å². The zero-order valence-electron chi connectivity index (χ0n) is 17.1. The number of hydrogen-bond acceptors (Lipinski definition) is 4. The zero-order chi connectivity index (χ0) is 21.8. The lowest BCUT2D eigenvalue weighted by Crippen LogP contribution is -2.51. The first-order valence-corrected chi connectivity index (χ1v) is 11.3. The summed E-state index contributed by atoms with van der Waals surface area (Å²) in [5, 5.41) is 1.79. The fraction of sp³-hybridized carbons (Fsp3) is 0.348. The molecule has 0 unspecified atom stereocenters. The second-order valence-electron chi connectivity index (χ2n) is 7.68. The molecule has 8 heteroatoms. The van der Waals surface area contributed by atoms with Crippen molar-refractivity contribution < 1.29 is 18.8 Å². The number of fused-ring (bicyclic) bond motifs is 1. The zero-order valence-corrected chi connectivity index (χ0v) is 17.9. The van der Waals surface area contributed by atoms with Crippen LogP contribution in [0.4, 0.5) is 15.8 Å². The molecule has 0 spiro atoms. The van der Waals surface area contributed by atoms with Crippen LogP contribution in [0.5, 0.6) is 0 Å². The van der Waals surface area contributed by atoms with E-state index in [1.165, 1.54) is 40.9 Å². The molecule has 2 aliphatic heterocycles. The number of likely N-dealkylation sites (tertiary alicyclic amines) is 1. The molecule has 0 aliphatic carbocycles. The van der Waals surface area contributed by atoms with Crippen molar-refractivity contribution >= 4 is 40.9 Å². The molecule has 1 N–H and O–H groups in total. The molecule has 1 atom stereocenters. The molecule has 2 aliphatic rings. The van der Waals surface area contributed by atoms with Crippen molar-refractivity contribution in [2.45, 2.75) is 35.8 Å². The highest BCUT2D eigenvalue weighted by Gasteiger charge is 2.40. The number of nitrogens with one attached hydrogen (secondary N) is 1. The van der Waals surface area contributed by atoms with Gasteiger partial charge in [0.2, 0.25) is 11.8 Å². The summed E-state index contributed by atoms with van der Waals surface area (Å²) in [4.78, 5) is 43.1. The van der Waals surface area contributed by atoms with Crippen molar-refractivity contribution in [3.63, 3.8) is 0 Å². The Hall–Kier alpha value is -2.87. The average molecular weight is 442 g/mol. The Bertz CT molecular complexity index is 974. The van der Waals surface area contributed by atoms with E-state index in [1.807, 2.05) is 12.1 Å². The molecule has 1 saturated heterocycles. The largest absolute Gasteiger partial charge is 0.341 e. The maximum absolute atomic E-state index is 13.3. The molecular formula is C23H24FN3O3S. The fourth-order valence-corrected chi connectivity index (χ4v) is 5.06. The Labute approximate surface area is 184 Å². The minimum absolute atomic E-state index is 0.185. The smallest absolute Gasteiger partial charge is 0.250 e. The number of para-hydroxylation sites is 1. The Morgan fingerprint density at radius 1 is 1.00 bits per heavy atom. The maximum Gasteiger partial charge on any atom is 0.250 e. The van der Waals surface area contributed by atoms with Crippen LogP contribution in [0.25, 0.3) is 0 Å². The van der Waals surface area contributed by atoms with Gasteiger partial charge in [-0.1, -0.05) is 25.0 Å². The number of thioether (sulfide) groups is 1. The van der Waals surface area contributed by atoms with Gasteiger partial charge in [0.1, 0.15) is 12.4 Å². The monoisotopic (exact) mass is 441 g/mol. The minimum Gasteiger partial charge on any atom is -0.341 e. The third-order valence-corrected chi connectivity index (χ3v) is 6.70. The molecule has 2 heterocycles. The van der Waals surface area contributed by atoms with Gasteiger partial charge < -0.3 is 15.1 Å². The summed E-state index contributed by atoms with van der Waals surface area (Å²) in [5.41, 5.74) is 1.06. The number of halogens is 1. The summed E-state index contributed by atoms with van der Waals surface area (Å²) in [6, 6.07) is 12.7. The summed E-state index contributed by atoms with van der Waals surface area (Å²) >= 11 is 1.25. The standard InChI is InChI=1S/C23H24FN3O3S/c24-16-9-11-17(12-10-16)25-20(28)15-27-18-7-3-4-8-19(18)31-21(23(27)30)22(29)26-13-5-1-2-6-14-26/h3-4,7-12,21H,1-2,5-6,13-15H2,(H,25,28)/t21-/m1/s1. The summed E-state index contributed by atoms with van der Waals surface area (Å²) in [6.45, 7) is 1.10. The van der Waals surface area contributed by atoms with Crippen molar-refractivity contribution in [2.75, 3.05) is 29.9 Å². The van der Waals surface area contributed by atoms with Crippen LogP contribution in [0.3, 0.4) is 0 Å². The van der Waals surface area contributed by atoms with Gasteiger partial charge in [-0.2, -0.15) is 0 Å². The number of amides is 3. The molecule has 2 aromatic carbocycles. The van der Waals surface area contributed by atoms with Crippen molar-refractivity contribution in [1.29, 1.82) is 0 Å². The highest BCUT2D eigenvalue weighted by atomic mass is 32.2. The van der Waals surface area contributed by atoms with E-state index in [0.717, 1.165) is 30.6 Å². The Kier molecular flexibility index (Phi) is 6.56. The first-order chi connectivity index (χ1) is 15.0. The van der Waals surface area contributed by atoms with Crippen LogP contribution in [0.1, 0.15) is 25.7 Å². The Balaban J connectivity index is 1.54. The van der Waals surface area contributed by atoms with Gasteiger partial charge in [0.15, 0.2) is 5.25 Å². The molecule has 0 aromatic heterocycles. The van der Waals surface area contributed by atoms with Crippen molar-refractivity contribution in [1.82, 2.24) is 4.90 Å². The third kappa shape index (κ3) is 4.90. The number of anilines is 2. The SMILES string of the molecule is O=C(CN1C(=O)[C@@H](C(=O)N2CCCCCC2)Sc2ccccc21)Nc1ccc(F)cc1. The lowest BCUT2D eigenvalue weighted by molar-refractivity contribution is -0.135. The summed E-state index contributed by atoms with van der Waals surface area (Å²) in [6.07, 6.45) is 4.07. The summed E-state index contributed by atoms with van der Waals surface area (Å²) in [7, 11) is 0. The second-order valence-corrected chi connectivity index (χ2v) is 8.83. The predicted molar refractivity (Wildman–Crippen MR) is 119 cm³/mol. The summed E-state index contributed by atoms with van der Waals surface area (Å²) < 4.78 is 13.1. The Morgan fingerprint density at radius 3 is 2.39 bits per heavy atom. The quantitative estimate of drug-likeness (QED) is 0.735. The van der Waals surface area contributed by atoms with E-state index < -0.39 is 17.0 Å².